The Morgan fingerprint density at radius 3 is 2.04 bits per heavy atom. The van der Waals surface area contributed by atoms with Gasteiger partial charge in [0.2, 0.25) is 0 Å². The molecule has 0 radical (unpaired) electrons. The van der Waals surface area contributed by atoms with Gasteiger partial charge in [0, 0.05) is 6.08 Å². The van der Waals surface area contributed by atoms with Crippen LogP contribution in [0.3, 0.4) is 0 Å². The lowest BCUT2D eigenvalue weighted by molar-refractivity contribution is -0.140. The van der Waals surface area contributed by atoms with Gasteiger partial charge in [0.25, 0.3) is 11.8 Å². The number of carbonyl (C=O) groups excluding carboxylic acids is 3. The molecule has 0 N–H and O–H groups in total. The van der Waals surface area contributed by atoms with Crippen LogP contribution in [0.1, 0.15) is 31.8 Å². The number of hydrogen-bond acceptors (Lipinski definition) is 4. The molecule has 0 atom stereocenters. The maximum Gasteiger partial charge on any atom is 0.416 e. The zero-order chi connectivity index (χ0) is 19.6. The number of carbonyl (C=O) groups is 3. The van der Waals surface area contributed by atoms with Crippen LogP contribution in [-0.4, -0.2) is 29.4 Å². The van der Waals surface area contributed by atoms with Gasteiger partial charge in [-0.3, -0.25) is 9.59 Å². The van der Waals surface area contributed by atoms with Crippen molar-refractivity contribution in [2.45, 2.75) is 6.18 Å². The van der Waals surface area contributed by atoms with E-state index in [2.05, 4.69) is 0 Å². The molecule has 27 heavy (non-hydrogen) atoms. The first-order valence-electron chi connectivity index (χ1n) is 7.74. The topological polar surface area (TPSA) is 63.7 Å². The van der Waals surface area contributed by atoms with E-state index in [1.54, 1.807) is 12.1 Å². The molecule has 0 unspecified atom stereocenters. The second kappa shape index (κ2) is 7.06. The summed E-state index contributed by atoms with van der Waals surface area (Å²) in [6.07, 6.45) is -2.17. The van der Waals surface area contributed by atoms with Gasteiger partial charge in [-0.1, -0.05) is 24.3 Å². The van der Waals surface area contributed by atoms with Crippen LogP contribution in [0.2, 0.25) is 0 Å². The lowest BCUT2D eigenvalue weighted by Crippen LogP contribution is -2.32. The van der Waals surface area contributed by atoms with Crippen molar-refractivity contribution in [2.24, 2.45) is 0 Å². The molecule has 0 fully saturated rings. The van der Waals surface area contributed by atoms with Crippen LogP contribution < -0.4 is 0 Å². The van der Waals surface area contributed by atoms with E-state index in [9.17, 15) is 27.6 Å². The number of nitrogens with zero attached hydrogens (tertiary/aromatic N) is 1. The summed E-state index contributed by atoms with van der Waals surface area (Å²) in [5, 5.41) is 0. The zero-order valence-electron chi connectivity index (χ0n) is 13.7. The van der Waals surface area contributed by atoms with E-state index in [1.807, 2.05) is 0 Å². The third-order valence-corrected chi connectivity index (χ3v) is 3.86. The van der Waals surface area contributed by atoms with Crippen molar-refractivity contribution in [1.82, 2.24) is 4.90 Å². The van der Waals surface area contributed by atoms with Crippen molar-refractivity contribution in [3.8, 4) is 0 Å². The highest BCUT2D eigenvalue weighted by molar-refractivity contribution is 6.21. The summed E-state index contributed by atoms with van der Waals surface area (Å²) in [7, 11) is 0. The Hall–Kier alpha value is -3.42. The van der Waals surface area contributed by atoms with Crippen LogP contribution in [0.25, 0.3) is 6.08 Å². The molecule has 1 aliphatic rings. The average molecular weight is 375 g/mol. The maximum atomic E-state index is 12.5. The molecule has 2 amide bonds. The fourth-order valence-corrected chi connectivity index (χ4v) is 2.48. The molecule has 1 aliphatic heterocycles. The van der Waals surface area contributed by atoms with E-state index in [-0.39, 0.29) is 11.1 Å². The molecule has 0 aliphatic carbocycles. The Balaban J connectivity index is 1.58. The van der Waals surface area contributed by atoms with Crippen molar-refractivity contribution < 1.29 is 32.3 Å². The second-order valence-electron chi connectivity index (χ2n) is 5.63. The van der Waals surface area contributed by atoms with E-state index >= 15 is 0 Å². The summed E-state index contributed by atoms with van der Waals surface area (Å²) in [6, 6.07) is 10.4. The number of alkyl halides is 3. The summed E-state index contributed by atoms with van der Waals surface area (Å²) in [6.45, 7) is -0.553. The highest BCUT2D eigenvalue weighted by Gasteiger charge is 2.35. The van der Waals surface area contributed by atoms with Crippen LogP contribution in [0, 0.1) is 0 Å². The number of imide groups is 1. The maximum absolute atomic E-state index is 12.5. The third-order valence-electron chi connectivity index (χ3n) is 3.86. The number of ether oxygens (including phenoxy) is 1. The Kier molecular flexibility index (Phi) is 4.81. The van der Waals surface area contributed by atoms with Crippen molar-refractivity contribution in [3.05, 3.63) is 76.9 Å². The largest absolute Gasteiger partial charge is 0.441 e. The van der Waals surface area contributed by atoms with Gasteiger partial charge in [0.05, 0.1) is 16.7 Å². The molecule has 138 valence electrons. The lowest BCUT2D eigenvalue weighted by Gasteiger charge is -2.12. The van der Waals surface area contributed by atoms with Gasteiger partial charge in [-0.2, -0.15) is 13.2 Å². The minimum absolute atomic E-state index is 0.235. The molecule has 0 bridgehead atoms. The Morgan fingerprint density at radius 1 is 0.963 bits per heavy atom. The minimum Gasteiger partial charge on any atom is -0.441 e. The van der Waals surface area contributed by atoms with Gasteiger partial charge >= 0.3 is 12.1 Å². The lowest BCUT2D eigenvalue weighted by atomic mass is 10.1. The number of benzene rings is 2. The van der Waals surface area contributed by atoms with Crippen LogP contribution in [-0.2, 0) is 15.7 Å². The summed E-state index contributed by atoms with van der Waals surface area (Å²) in [5.41, 5.74) is 0.0335. The highest BCUT2D eigenvalue weighted by atomic mass is 19.4. The summed E-state index contributed by atoms with van der Waals surface area (Å²) >= 11 is 0. The SMILES string of the molecule is O=C(/C=C/c1ccc(C(F)(F)F)cc1)OCN1C(=O)c2ccccc2C1=O. The Morgan fingerprint density at radius 2 is 1.52 bits per heavy atom. The van der Waals surface area contributed by atoms with E-state index in [0.717, 1.165) is 23.1 Å². The molecule has 2 aromatic rings. The summed E-state index contributed by atoms with van der Waals surface area (Å²) in [4.78, 5) is 36.8. The van der Waals surface area contributed by atoms with Crippen molar-refractivity contribution in [1.29, 1.82) is 0 Å². The first-order valence-corrected chi connectivity index (χ1v) is 7.74. The minimum atomic E-state index is -4.44. The molecule has 0 saturated carbocycles. The normalized spacial score (nSPS) is 14.0. The molecule has 0 aromatic heterocycles. The molecule has 3 rings (SSSR count). The third kappa shape index (κ3) is 3.89. The van der Waals surface area contributed by atoms with Gasteiger partial charge in [-0.05, 0) is 35.9 Å². The van der Waals surface area contributed by atoms with Crippen molar-refractivity contribution >= 4 is 23.9 Å². The van der Waals surface area contributed by atoms with E-state index in [1.165, 1.54) is 30.3 Å². The number of halogens is 3. The molecule has 0 saturated heterocycles. The van der Waals surface area contributed by atoms with Crippen LogP contribution >= 0.6 is 0 Å². The van der Waals surface area contributed by atoms with Gasteiger partial charge < -0.3 is 4.74 Å². The Labute approximate surface area is 151 Å². The standard InChI is InChI=1S/C19H12F3NO4/c20-19(21,22)13-8-5-12(6-9-13)7-10-16(24)27-11-23-17(25)14-3-1-2-4-15(14)18(23)26/h1-10H,11H2/b10-7+. The van der Waals surface area contributed by atoms with Crippen molar-refractivity contribution in [3.63, 3.8) is 0 Å². The first kappa shape index (κ1) is 18.4. The Bertz CT molecular complexity index is 898. The van der Waals surface area contributed by atoms with Crippen molar-refractivity contribution in [2.75, 3.05) is 6.73 Å². The van der Waals surface area contributed by atoms with E-state index < -0.39 is 36.3 Å². The number of rotatable bonds is 4. The fourth-order valence-electron chi connectivity index (χ4n) is 2.48. The van der Waals surface area contributed by atoms with Crippen LogP contribution in [0.4, 0.5) is 13.2 Å². The van der Waals surface area contributed by atoms with Gasteiger partial charge in [-0.25, -0.2) is 9.69 Å². The first-order chi connectivity index (χ1) is 12.8. The summed E-state index contributed by atoms with van der Waals surface area (Å²) < 4.78 is 42.4. The monoisotopic (exact) mass is 375 g/mol. The highest BCUT2D eigenvalue weighted by Crippen LogP contribution is 2.29. The molecular formula is C19H12F3NO4. The molecular weight excluding hydrogens is 363 g/mol. The quantitative estimate of drug-likeness (QED) is 0.466. The molecule has 5 nitrogen and oxygen atoms in total. The molecule has 0 spiro atoms. The van der Waals surface area contributed by atoms with E-state index in [4.69, 9.17) is 4.74 Å². The molecule has 1 heterocycles. The van der Waals surface area contributed by atoms with Gasteiger partial charge in [-0.15, -0.1) is 0 Å². The van der Waals surface area contributed by atoms with Gasteiger partial charge in [0.1, 0.15) is 0 Å². The number of amides is 2. The van der Waals surface area contributed by atoms with Crippen LogP contribution in [0.5, 0.6) is 0 Å². The molecule has 8 heteroatoms. The number of esters is 1. The summed E-state index contributed by atoms with van der Waals surface area (Å²) in [5.74, 6) is -1.96. The second-order valence-corrected chi connectivity index (χ2v) is 5.63. The predicted octanol–water partition coefficient (Wildman–Crippen LogP) is 3.52. The smallest absolute Gasteiger partial charge is 0.416 e. The zero-order valence-corrected chi connectivity index (χ0v) is 13.7. The number of fused-ring (bicyclic) bond motifs is 1. The van der Waals surface area contributed by atoms with Crippen LogP contribution in [0.15, 0.2) is 54.6 Å². The molecule has 2 aromatic carbocycles. The van der Waals surface area contributed by atoms with Gasteiger partial charge in [0.15, 0.2) is 6.73 Å². The van der Waals surface area contributed by atoms with E-state index in [0.29, 0.717) is 5.56 Å². The number of hydrogen-bond donors (Lipinski definition) is 0. The fraction of sp³-hybridized carbons (Fsp3) is 0.105. The predicted molar refractivity (Wildman–Crippen MR) is 88.4 cm³/mol. The average Bonchev–Trinajstić information content (AvgIpc) is 2.89.